The Hall–Kier alpha value is -7.87. The molecule has 10 rings (SSSR count). The van der Waals surface area contributed by atoms with Crippen LogP contribution in [0.4, 0.5) is 11.8 Å². The summed E-state index contributed by atoms with van der Waals surface area (Å²) in [5.41, 5.74) is -1.56. The number of aromatic amines is 1. The van der Waals surface area contributed by atoms with Gasteiger partial charge < -0.3 is 43.2 Å². The summed E-state index contributed by atoms with van der Waals surface area (Å²) in [5.74, 6) is -0.415. The average molecular weight is 1300 g/mol. The zero-order valence-electron chi connectivity index (χ0n) is 51.4. The lowest BCUT2D eigenvalue weighted by Crippen LogP contribution is -2.49. The molecule has 2 aliphatic heterocycles. The van der Waals surface area contributed by atoms with Crippen LogP contribution in [0.3, 0.4) is 0 Å². The van der Waals surface area contributed by atoms with Crippen LogP contribution in [0.5, 0.6) is 11.5 Å². The molecule has 6 heterocycles. The fraction of sp³-hybridized carbons (Fsp3) is 0.393. The number of carbonyl (C=O) groups excluding carboxylic acids is 2. The van der Waals surface area contributed by atoms with Gasteiger partial charge in [-0.2, -0.15) is 10.2 Å². The number of aromatic nitrogens is 8. The van der Waals surface area contributed by atoms with Crippen LogP contribution in [0.25, 0.3) is 22.3 Å². The summed E-state index contributed by atoms with van der Waals surface area (Å²) in [6, 6.07) is 34.8. The fourth-order valence-electron chi connectivity index (χ4n) is 10.5. The van der Waals surface area contributed by atoms with E-state index in [1.165, 1.54) is 17.2 Å². The van der Waals surface area contributed by atoms with Gasteiger partial charge in [-0.25, -0.2) is 24.5 Å². The van der Waals surface area contributed by atoms with Crippen LogP contribution < -0.4 is 25.7 Å². The number of fused-ring (bicyclic) bond motifs is 2. The highest BCUT2D eigenvalue weighted by atomic mass is 31.2. The number of benzene rings is 4. The lowest BCUT2D eigenvalue weighted by Gasteiger charge is -2.40. The molecule has 8 aromatic rings. The predicted molar refractivity (Wildman–Crippen MR) is 335 cm³/mol. The smallest absolute Gasteiger partial charge is 0.475 e. The van der Waals surface area contributed by atoms with Crippen LogP contribution in [0.15, 0.2) is 133 Å². The highest BCUT2D eigenvalue weighted by Crippen LogP contribution is 2.58. The van der Waals surface area contributed by atoms with Crippen molar-refractivity contribution in [2.45, 2.75) is 114 Å². The van der Waals surface area contributed by atoms with Gasteiger partial charge in [0, 0.05) is 17.9 Å². The van der Waals surface area contributed by atoms with Crippen molar-refractivity contribution in [2.24, 2.45) is 5.92 Å². The van der Waals surface area contributed by atoms with Crippen LogP contribution in [0.2, 0.25) is 18.1 Å². The molecule has 0 saturated carbocycles. The van der Waals surface area contributed by atoms with Gasteiger partial charge in [-0.15, -0.1) is 0 Å². The van der Waals surface area contributed by atoms with E-state index in [2.05, 4.69) is 40.5 Å². The fourth-order valence-corrected chi connectivity index (χ4v) is 14.5. The van der Waals surface area contributed by atoms with Gasteiger partial charge in [-0.3, -0.25) is 52.0 Å². The number of H-pyrrole nitrogens is 1. The molecule has 4 aromatic carbocycles. The quantitative estimate of drug-likeness (QED) is 0.0154. The minimum absolute atomic E-state index is 0.109. The summed E-state index contributed by atoms with van der Waals surface area (Å²) in [6.45, 7) is 11.3. The molecule has 2 aliphatic rings. The molecule has 0 radical (unpaired) electrons. The molecule has 91 heavy (non-hydrogen) atoms. The number of carbonyl (C=O) groups is 2. The summed E-state index contributed by atoms with van der Waals surface area (Å²) < 4.78 is 90.6. The summed E-state index contributed by atoms with van der Waals surface area (Å²) in [7, 11) is -10.3. The highest BCUT2D eigenvalue weighted by Gasteiger charge is 2.58. The normalized spacial score (nSPS) is 20.4. The van der Waals surface area contributed by atoms with E-state index in [0.717, 1.165) is 6.33 Å². The third-order valence-electron chi connectivity index (χ3n) is 16.3. The zero-order valence-corrected chi connectivity index (χ0v) is 54.1. The number of anilines is 2. The van der Waals surface area contributed by atoms with Crippen LogP contribution in [-0.2, 0) is 51.7 Å². The van der Waals surface area contributed by atoms with E-state index in [-0.39, 0.29) is 53.5 Å². The van der Waals surface area contributed by atoms with Crippen molar-refractivity contribution in [3.63, 3.8) is 0 Å². The Morgan fingerprint density at radius 2 is 1.41 bits per heavy atom. The summed E-state index contributed by atoms with van der Waals surface area (Å²) in [5, 5.41) is 14.6. The van der Waals surface area contributed by atoms with E-state index in [1.807, 2.05) is 119 Å². The number of ether oxygens (including phenoxy) is 5. The second kappa shape index (κ2) is 27.1. The third kappa shape index (κ3) is 14.1. The van der Waals surface area contributed by atoms with Gasteiger partial charge in [0.1, 0.15) is 53.6 Å². The maximum absolute atomic E-state index is 15.8. The molecule has 30 heteroatoms. The number of hydrogen-bond donors (Lipinski definition) is 5. The second-order valence-corrected chi connectivity index (χ2v) is 31.7. The molecular formula is C61H71N11O16P2Si. The Bertz CT molecular complexity index is 4040. The first-order valence-electron chi connectivity index (χ1n) is 29.2. The molecule has 0 spiro atoms. The van der Waals surface area contributed by atoms with Crippen LogP contribution in [-0.4, -0.2) is 133 Å². The lowest BCUT2D eigenvalue weighted by molar-refractivity contribution is -0.118. The number of amides is 2. The number of phosphoric acid groups is 1. The first-order valence-corrected chi connectivity index (χ1v) is 35.2. The molecule has 480 valence electrons. The molecular weight excluding hydrogens is 1230 g/mol. The number of nitrogens with one attached hydrogen (secondary N) is 3. The Morgan fingerprint density at radius 1 is 0.791 bits per heavy atom. The molecule has 0 bridgehead atoms. The molecule has 4 aromatic heterocycles. The highest BCUT2D eigenvalue weighted by molar-refractivity contribution is 7.52. The molecule has 1 unspecified atom stereocenters. The second-order valence-electron chi connectivity index (χ2n) is 23.5. The molecule has 2 saturated heterocycles. The van der Waals surface area contributed by atoms with Gasteiger partial charge in [0.15, 0.2) is 42.7 Å². The van der Waals surface area contributed by atoms with E-state index >= 15 is 4.57 Å². The van der Waals surface area contributed by atoms with Crippen molar-refractivity contribution < 1.29 is 70.2 Å². The molecule has 2 fully saturated rings. The van der Waals surface area contributed by atoms with Crippen molar-refractivity contribution in [1.82, 2.24) is 39.0 Å². The Labute approximate surface area is 524 Å². The van der Waals surface area contributed by atoms with Crippen molar-refractivity contribution >= 4 is 69.6 Å². The largest absolute Gasteiger partial charge is 0.497 e. The van der Waals surface area contributed by atoms with Gasteiger partial charge in [-0.05, 0) is 71.2 Å². The van der Waals surface area contributed by atoms with Crippen LogP contribution in [0, 0.1) is 17.2 Å². The van der Waals surface area contributed by atoms with Gasteiger partial charge in [0.2, 0.25) is 11.9 Å². The molecule has 8 atom stereocenters. The number of imidazole rings is 2. The molecule has 27 nitrogen and oxygen atoms in total. The number of phosphoric ester groups is 1. The first-order chi connectivity index (χ1) is 43.4. The van der Waals surface area contributed by atoms with Gasteiger partial charge in [0.05, 0.1) is 65.3 Å². The predicted octanol–water partition coefficient (Wildman–Crippen LogP) is 9.39. The zero-order chi connectivity index (χ0) is 65.0. The van der Waals surface area contributed by atoms with Gasteiger partial charge in [-0.1, -0.05) is 107 Å². The maximum Gasteiger partial charge on any atom is 0.475 e. The summed E-state index contributed by atoms with van der Waals surface area (Å²) >= 11 is 0. The number of nitrogens with zero attached hydrogens (tertiary/aromatic N) is 8. The van der Waals surface area contributed by atoms with E-state index < -0.39 is 113 Å². The standard InChI is InChI=1S/C61H71N11O16P2Si/c1-37(2)55(73)69-59-68-54-49(57(75)70-59)66-36-72(54)58-51(89(76,77)78)50(88-91(8,9)60(3,4)5)46(86-58)33-84-90(79,83-30-16-29-62)87-44-31-47(71-35-65-48-52(63-34-64-53(48)71)67-56(74)38-17-12-10-13-18-38)85-45(44)32-82-61(39-19-14-11-15-20-39,40-21-25-42(80-6)26-22-40)41-23-27-43(81-7)28-24-41/h10-15,17-28,34-37,44-47,50-51,58H,16,30-33H2,1-9H3,(H2,76,77,78)(H,63,64,67,74)(H2,68,69,70,73,75)/t44-,45+,46+,47+,50+,51+,58+,90?/m0/s1. The topological polar surface area (TPSA) is 347 Å². The monoisotopic (exact) mass is 1300 g/mol. The minimum Gasteiger partial charge on any atom is -0.497 e. The van der Waals surface area contributed by atoms with Gasteiger partial charge >= 0.3 is 15.4 Å². The SMILES string of the molecule is COc1ccc(C(OC[C@H]2O[C@@H](n3cnc4c(NC(=O)c5ccccc5)ncnc43)C[C@@H]2OP(=O)(OCCC#N)OC[C@H]2O[C@@H](n3cnc4c(=O)[nH]c(NC(=O)C(C)C)nc43)[C@H](P(=O)(O)O)[C@@H]2O[Si](C)(C)C(C)(C)C)(c2ccccc2)c2ccc(OC)cc2)cc1. The number of nitriles is 1. The lowest BCUT2D eigenvalue weighted by atomic mass is 9.80. The van der Waals surface area contributed by atoms with Crippen molar-refractivity contribution in [3.05, 3.63) is 161 Å². The summed E-state index contributed by atoms with van der Waals surface area (Å²) in [4.78, 5) is 87.2. The molecule has 0 aliphatic carbocycles. The molecule has 2 amide bonds. The average Bonchev–Trinajstić information content (AvgIpc) is 1.75. The van der Waals surface area contributed by atoms with E-state index in [4.69, 9.17) is 41.7 Å². The molecule has 5 N–H and O–H groups in total. The van der Waals surface area contributed by atoms with E-state index in [9.17, 15) is 34.0 Å². The Morgan fingerprint density at radius 3 is 2.01 bits per heavy atom. The third-order valence-corrected chi connectivity index (χ3v) is 23.6. The van der Waals surface area contributed by atoms with E-state index in [0.29, 0.717) is 33.8 Å². The van der Waals surface area contributed by atoms with Crippen LogP contribution in [0.1, 0.15) is 87.0 Å². The summed E-state index contributed by atoms with van der Waals surface area (Å²) in [6.07, 6.45) is -4.68. The maximum atomic E-state index is 15.8. The van der Waals surface area contributed by atoms with Crippen molar-refractivity contribution in [1.29, 1.82) is 5.26 Å². The van der Waals surface area contributed by atoms with Crippen molar-refractivity contribution in [3.8, 4) is 17.6 Å². The Kier molecular flexibility index (Phi) is 19.7. The first kappa shape index (κ1) is 66.1. The number of rotatable bonds is 25. The van der Waals surface area contributed by atoms with Crippen molar-refractivity contribution in [2.75, 3.05) is 44.7 Å². The minimum atomic E-state index is -5.33. The van der Waals surface area contributed by atoms with Gasteiger partial charge in [0.25, 0.3) is 11.5 Å². The number of hydrogen-bond acceptors (Lipinski definition) is 20. The Balaban J connectivity index is 1.04. The number of methoxy groups -OCH3 is 2. The van der Waals surface area contributed by atoms with Crippen LogP contribution >= 0.6 is 15.4 Å². The van der Waals surface area contributed by atoms with E-state index in [1.54, 1.807) is 63.0 Å².